The predicted molar refractivity (Wildman–Crippen MR) is 95.2 cm³/mol. The fourth-order valence-electron chi connectivity index (χ4n) is 1.57. The smallest absolute Gasteiger partial charge is 0.376 e. The van der Waals surface area contributed by atoms with E-state index < -0.39 is 35.4 Å². The van der Waals surface area contributed by atoms with Crippen LogP contribution < -0.4 is 0 Å². The molecule has 0 fully saturated rings. The molecule has 0 bridgehead atoms. The van der Waals surface area contributed by atoms with Gasteiger partial charge in [-0.3, -0.25) is 0 Å². The molecule has 0 amide bonds. The first kappa shape index (κ1) is 22.5. The Bertz CT molecular complexity index is 570. The van der Waals surface area contributed by atoms with E-state index >= 15 is 0 Å². The van der Waals surface area contributed by atoms with Crippen LogP contribution in [0.4, 0.5) is 0 Å². The average Bonchev–Trinajstić information content (AvgIpc) is 2.61. The third-order valence-electron chi connectivity index (χ3n) is 2.83. The maximum absolute atomic E-state index is 12.2. The largest absolute Gasteiger partial charge is 0.460 e. The maximum atomic E-state index is 12.2. The molecular formula is C18H27N3O6. The van der Waals surface area contributed by atoms with Gasteiger partial charge in [-0.15, -0.1) is 0 Å². The lowest BCUT2D eigenvalue weighted by atomic mass is 10.2. The molecule has 1 rings (SSSR count). The van der Waals surface area contributed by atoms with Crippen molar-refractivity contribution >= 4 is 17.9 Å². The molecule has 27 heavy (non-hydrogen) atoms. The molecular weight excluding hydrogens is 354 g/mol. The zero-order chi connectivity index (χ0) is 20.6. The van der Waals surface area contributed by atoms with E-state index in [-0.39, 0.29) is 37.6 Å². The SMILES string of the molecule is CC(C)COC(=O)c1nc(C(=O)OCC(C)C)nc(C(=O)OCC(C)C)n1. The van der Waals surface area contributed by atoms with Crippen LogP contribution in [0.3, 0.4) is 0 Å². The highest BCUT2D eigenvalue weighted by molar-refractivity contribution is 5.92. The van der Waals surface area contributed by atoms with Gasteiger partial charge < -0.3 is 14.2 Å². The van der Waals surface area contributed by atoms with E-state index in [0.29, 0.717) is 0 Å². The second-order valence-electron chi connectivity index (χ2n) is 7.28. The number of hydrogen-bond acceptors (Lipinski definition) is 9. The van der Waals surface area contributed by atoms with Gasteiger partial charge in [0.1, 0.15) is 0 Å². The van der Waals surface area contributed by atoms with Crippen molar-refractivity contribution in [3.8, 4) is 0 Å². The van der Waals surface area contributed by atoms with Crippen LogP contribution in [0.25, 0.3) is 0 Å². The standard InChI is InChI=1S/C18H27N3O6/c1-10(2)7-25-16(22)13-19-14(17(23)26-8-11(3)4)21-15(20-13)18(24)27-9-12(5)6/h10-12H,7-9H2,1-6H3. The lowest BCUT2D eigenvalue weighted by Crippen LogP contribution is -2.23. The summed E-state index contributed by atoms with van der Waals surface area (Å²) < 4.78 is 15.2. The van der Waals surface area contributed by atoms with Gasteiger partial charge in [-0.1, -0.05) is 41.5 Å². The zero-order valence-corrected chi connectivity index (χ0v) is 16.6. The number of nitrogens with zero attached hydrogens (tertiary/aromatic N) is 3. The predicted octanol–water partition coefficient (Wildman–Crippen LogP) is 2.31. The first-order valence-electron chi connectivity index (χ1n) is 8.87. The van der Waals surface area contributed by atoms with Gasteiger partial charge in [0.15, 0.2) is 0 Å². The molecule has 0 radical (unpaired) electrons. The number of carbonyl (C=O) groups excluding carboxylic acids is 3. The molecule has 9 nitrogen and oxygen atoms in total. The molecule has 1 aromatic heterocycles. The maximum Gasteiger partial charge on any atom is 0.376 e. The molecule has 0 spiro atoms. The van der Waals surface area contributed by atoms with Crippen LogP contribution in [-0.2, 0) is 14.2 Å². The van der Waals surface area contributed by atoms with Crippen molar-refractivity contribution in [1.82, 2.24) is 15.0 Å². The number of esters is 3. The number of hydrogen-bond donors (Lipinski definition) is 0. The van der Waals surface area contributed by atoms with Crippen LogP contribution >= 0.6 is 0 Å². The van der Waals surface area contributed by atoms with E-state index in [9.17, 15) is 14.4 Å². The van der Waals surface area contributed by atoms with Gasteiger partial charge in [-0.05, 0) is 17.8 Å². The third-order valence-corrected chi connectivity index (χ3v) is 2.83. The molecule has 0 aliphatic carbocycles. The summed E-state index contributed by atoms with van der Waals surface area (Å²) in [5, 5.41) is 0. The van der Waals surface area contributed by atoms with Crippen molar-refractivity contribution in [3.05, 3.63) is 17.5 Å². The van der Waals surface area contributed by atoms with Crippen LogP contribution in [0.2, 0.25) is 0 Å². The summed E-state index contributed by atoms with van der Waals surface area (Å²) in [6, 6.07) is 0. The Hall–Kier alpha value is -2.58. The zero-order valence-electron chi connectivity index (χ0n) is 16.6. The van der Waals surface area contributed by atoms with E-state index in [0.717, 1.165) is 0 Å². The lowest BCUT2D eigenvalue weighted by molar-refractivity contribution is 0.0418. The molecule has 9 heteroatoms. The van der Waals surface area contributed by atoms with Crippen molar-refractivity contribution in [2.45, 2.75) is 41.5 Å². The fourth-order valence-corrected chi connectivity index (χ4v) is 1.57. The molecule has 0 atom stereocenters. The number of aromatic nitrogens is 3. The summed E-state index contributed by atoms with van der Waals surface area (Å²) >= 11 is 0. The lowest BCUT2D eigenvalue weighted by Gasteiger charge is -2.10. The highest BCUT2D eigenvalue weighted by Crippen LogP contribution is 2.06. The highest BCUT2D eigenvalue weighted by Gasteiger charge is 2.24. The summed E-state index contributed by atoms with van der Waals surface area (Å²) in [4.78, 5) is 47.8. The Balaban J connectivity index is 3.11. The van der Waals surface area contributed by atoms with Crippen molar-refractivity contribution in [3.63, 3.8) is 0 Å². The van der Waals surface area contributed by atoms with Crippen LogP contribution in [0.15, 0.2) is 0 Å². The molecule has 0 saturated heterocycles. The topological polar surface area (TPSA) is 118 Å². The molecule has 0 unspecified atom stereocenters. The summed E-state index contributed by atoms with van der Waals surface area (Å²) in [6.07, 6.45) is 0. The normalized spacial score (nSPS) is 11.0. The Morgan fingerprint density at radius 2 is 0.815 bits per heavy atom. The molecule has 0 aliphatic rings. The molecule has 0 saturated carbocycles. The quantitative estimate of drug-likeness (QED) is 0.469. The van der Waals surface area contributed by atoms with Gasteiger partial charge in [0.05, 0.1) is 19.8 Å². The average molecular weight is 381 g/mol. The number of rotatable bonds is 9. The Kier molecular flexibility index (Phi) is 8.77. The molecule has 0 N–H and O–H groups in total. The Labute approximate surface area is 158 Å². The number of ether oxygens (including phenoxy) is 3. The molecule has 0 aliphatic heterocycles. The van der Waals surface area contributed by atoms with Crippen molar-refractivity contribution in [2.24, 2.45) is 17.8 Å². The summed E-state index contributed by atoms with van der Waals surface area (Å²) in [5.74, 6) is -3.62. The minimum Gasteiger partial charge on any atom is -0.460 e. The Morgan fingerprint density at radius 1 is 0.593 bits per heavy atom. The Morgan fingerprint density at radius 3 is 1.00 bits per heavy atom. The third kappa shape index (κ3) is 8.10. The number of carbonyl (C=O) groups is 3. The monoisotopic (exact) mass is 381 g/mol. The molecule has 150 valence electrons. The minimum atomic E-state index is -0.859. The van der Waals surface area contributed by atoms with Crippen LogP contribution in [-0.4, -0.2) is 52.7 Å². The first-order chi connectivity index (χ1) is 12.6. The fraction of sp³-hybridized carbons (Fsp3) is 0.667. The van der Waals surface area contributed by atoms with Crippen molar-refractivity contribution in [1.29, 1.82) is 0 Å². The molecule has 1 heterocycles. The van der Waals surface area contributed by atoms with Gasteiger partial charge >= 0.3 is 17.9 Å². The van der Waals surface area contributed by atoms with Gasteiger partial charge in [0, 0.05) is 0 Å². The van der Waals surface area contributed by atoms with Crippen LogP contribution in [0.1, 0.15) is 73.4 Å². The highest BCUT2D eigenvalue weighted by atomic mass is 16.5. The van der Waals surface area contributed by atoms with Gasteiger partial charge in [0.25, 0.3) is 0 Å². The second-order valence-corrected chi connectivity index (χ2v) is 7.28. The van der Waals surface area contributed by atoms with Gasteiger partial charge in [0.2, 0.25) is 17.5 Å². The second kappa shape index (κ2) is 10.5. The van der Waals surface area contributed by atoms with Crippen LogP contribution in [0.5, 0.6) is 0 Å². The van der Waals surface area contributed by atoms with E-state index in [2.05, 4.69) is 15.0 Å². The molecule has 1 aromatic rings. The van der Waals surface area contributed by atoms with Crippen LogP contribution in [0, 0.1) is 17.8 Å². The first-order valence-corrected chi connectivity index (χ1v) is 8.87. The van der Waals surface area contributed by atoms with Crippen molar-refractivity contribution < 1.29 is 28.6 Å². The minimum absolute atomic E-state index is 0.0988. The van der Waals surface area contributed by atoms with Crippen molar-refractivity contribution in [2.75, 3.05) is 19.8 Å². The van der Waals surface area contributed by atoms with E-state index in [4.69, 9.17) is 14.2 Å². The van der Waals surface area contributed by atoms with Gasteiger partial charge in [-0.25, -0.2) is 14.4 Å². The van der Waals surface area contributed by atoms with E-state index in [1.165, 1.54) is 0 Å². The summed E-state index contributed by atoms with van der Waals surface area (Å²) in [7, 11) is 0. The molecule has 0 aromatic carbocycles. The summed E-state index contributed by atoms with van der Waals surface area (Å²) in [6.45, 7) is 11.6. The van der Waals surface area contributed by atoms with E-state index in [1.54, 1.807) is 0 Å². The summed E-state index contributed by atoms with van der Waals surface area (Å²) in [5.41, 5.74) is 0. The van der Waals surface area contributed by atoms with E-state index in [1.807, 2.05) is 41.5 Å². The van der Waals surface area contributed by atoms with Gasteiger partial charge in [-0.2, -0.15) is 15.0 Å².